The highest BCUT2D eigenvalue weighted by atomic mass is 35.5. The minimum absolute atomic E-state index is 0.0924. The molecule has 0 radical (unpaired) electrons. The predicted octanol–water partition coefficient (Wildman–Crippen LogP) is 4.18. The summed E-state index contributed by atoms with van der Waals surface area (Å²) >= 11 is 6.07. The van der Waals surface area contributed by atoms with Crippen molar-refractivity contribution in [3.05, 3.63) is 35.5 Å². The molecule has 2 unspecified atom stereocenters. The van der Waals surface area contributed by atoms with Gasteiger partial charge in [-0.1, -0.05) is 24.4 Å². The fourth-order valence-corrected chi connectivity index (χ4v) is 4.39. The Bertz CT molecular complexity index is 1010. The lowest BCUT2D eigenvalue weighted by molar-refractivity contribution is 0.0434. The Balaban J connectivity index is 1.51. The minimum Gasteiger partial charge on any atom is -0.391 e. The molecule has 3 atom stereocenters. The third kappa shape index (κ3) is 4.71. The van der Waals surface area contributed by atoms with Crippen molar-refractivity contribution in [2.24, 2.45) is 5.92 Å². The SMILES string of the molecule is COCC(O)CC1CCC[C@H](Nc2nc(-c3c[nH]c4ncc(Cl)cc34)ncc2F)C1. The van der Waals surface area contributed by atoms with Crippen molar-refractivity contribution >= 4 is 28.5 Å². The normalized spacial score (nSPS) is 20.4. The van der Waals surface area contributed by atoms with Gasteiger partial charge in [0.25, 0.3) is 0 Å². The number of hydrogen-bond donors (Lipinski definition) is 3. The molecule has 3 N–H and O–H groups in total. The van der Waals surface area contributed by atoms with Crippen LogP contribution >= 0.6 is 11.6 Å². The summed E-state index contributed by atoms with van der Waals surface area (Å²) in [5.41, 5.74) is 1.38. The molecule has 0 aliphatic heterocycles. The van der Waals surface area contributed by atoms with Crippen molar-refractivity contribution in [3.8, 4) is 11.4 Å². The van der Waals surface area contributed by atoms with Gasteiger partial charge in [-0.2, -0.15) is 0 Å². The van der Waals surface area contributed by atoms with E-state index in [0.29, 0.717) is 41.0 Å². The smallest absolute Gasteiger partial charge is 0.183 e. The van der Waals surface area contributed by atoms with Crippen LogP contribution in [0.1, 0.15) is 32.1 Å². The summed E-state index contributed by atoms with van der Waals surface area (Å²) in [6.07, 6.45) is 8.58. The number of anilines is 1. The van der Waals surface area contributed by atoms with Gasteiger partial charge in [0, 0.05) is 36.5 Å². The zero-order valence-electron chi connectivity index (χ0n) is 16.7. The second-order valence-corrected chi connectivity index (χ2v) is 8.30. The number of methoxy groups -OCH3 is 1. The van der Waals surface area contributed by atoms with E-state index in [9.17, 15) is 9.50 Å². The van der Waals surface area contributed by atoms with Crippen LogP contribution in [0.25, 0.3) is 22.4 Å². The van der Waals surface area contributed by atoms with E-state index < -0.39 is 11.9 Å². The zero-order valence-corrected chi connectivity index (χ0v) is 17.5. The van der Waals surface area contributed by atoms with Crippen LogP contribution in [0.5, 0.6) is 0 Å². The predicted molar refractivity (Wildman–Crippen MR) is 114 cm³/mol. The Kier molecular flexibility index (Phi) is 6.46. The first-order chi connectivity index (χ1) is 14.5. The van der Waals surface area contributed by atoms with Crippen LogP contribution in [-0.4, -0.2) is 50.9 Å². The first-order valence-electron chi connectivity index (χ1n) is 10.1. The molecule has 4 rings (SSSR count). The molecule has 7 nitrogen and oxygen atoms in total. The lowest BCUT2D eigenvalue weighted by Crippen LogP contribution is -2.30. The maximum atomic E-state index is 14.5. The number of nitrogens with zero attached hydrogens (tertiary/aromatic N) is 3. The number of aliphatic hydroxyl groups excluding tert-OH is 1. The van der Waals surface area contributed by atoms with E-state index in [4.69, 9.17) is 16.3 Å². The van der Waals surface area contributed by atoms with Gasteiger partial charge < -0.3 is 20.1 Å². The molecule has 1 aliphatic carbocycles. The van der Waals surface area contributed by atoms with E-state index in [1.54, 1.807) is 25.6 Å². The Morgan fingerprint density at radius 3 is 3.07 bits per heavy atom. The monoisotopic (exact) mass is 433 g/mol. The summed E-state index contributed by atoms with van der Waals surface area (Å²) in [5, 5.41) is 14.6. The van der Waals surface area contributed by atoms with Gasteiger partial charge in [-0.25, -0.2) is 19.3 Å². The zero-order chi connectivity index (χ0) is 21.1. The Morgan fingerprint density at radius 2 is 2.23 bits per heavy atom. The van der Waals surface area contributed by atoms with Crippen LogP contribution in [0, 0.1) is 11.7 Å². The Hall–Kier alpha value is -2.29. The summed E-state index contributed by atoms with van der Waals surface area (Å²) in [6, 6.07) is 1.88. The average Bonchev–Trinajstić information content (AvgIpc) is 3.13. The number of aromatic nitrogens is 4. The van der Waals surface area contributed by atoms with Crippen molar-refractivity contribution < 1.29 is 14.2 Å². The van der Waals surface area contributed by atoms with Crippen LogP contribution in [0.2, 0.25) is 5.02 Å². The third-order valence-corrected chi connectivity index (χ3v) is 5.78. The van der Waals surface area contributed by atoms with E-state index in [1.807, 2.05) is 0 Å². The van der Waals surface area contributed by atoms with Gasteiger partial charge in [0.15, 0.2) is 17.5 Å². The highest BCUT2D eigenvalue weighted by Gasteiger charge is 2.25. The van der Waals surface area contributed by atoms with Gasteiger partial charge in [-0.3, -0.25) is 0 Å². The molecule has 0 amide bonds. The summed E-state index contributed by atoms with van der Waals surface area (Å²) in [6.45, 7) is 0.335. The minimum atomic E-state index is -0.490. The topological polar surface area (TPSA) is 96.0 Å². The molecule has 0 aromatic carbocycles. The van der Waals surface area contributed by atoms with Crippen LogP contribution in [0.15, 0.2) is 24.7 Å². The molecular weight excluding hydrogens is 409 g/mol. The van der Waals surface area contributed by atoms with Crippen molar-refractivity contribution in [2.45, 2.75) is 44.2 Å². The second-order valence-electron chi connectivity index (χ2n) is 7.86. The fourth-order valence-electron chi connectivity index (χ4n) is 4.24. The van der Waals surface area contributed by atoms with E-state index in [2.05, 4.69) is 25.3 Å². The molecule has 0 saturated heterocycles. The molecule has 3 aromatic heterocycles. The summed E-state index contributed by atoms with van der Waals surface area (Å²) in [4.78, 5) is 15.9. The first kappa shape index (κ1) is 21.0. The number of halogens is 2. The van der Waals surface area contributed by atoms with Crippen LogP contribution in [0.3, 0.4) is 0 Å². The fraction of sp³-hybridized carbons (Fsp3) is 0.476. The number of fused-ring (bicyclic) bond motifs is 1. The van der Waals surface area contributed by atoms with Crippen LogP contribution in [-0.2, 0) is 4.74 Å². The molecule has 30 heavy (non-hydrogen) atoms. The number of aromatic amines is 1. The number of nitrogens with one attached hydrogen (secondary N) is 2. The molecule has 0 bridgehead atoms. The number of aliphatic hydroxyl groups is 1. The highest BCUT2D eigenvalue weighted by molar-refractivity contribution is 6.31. The van der Waals surface area contributed by atoms with Crippen molar-refractivity contribution in [3.63, 3.8) is 0 Å². The maximum absolute atomic E-state index is 14.5. The lowest BCUT2D eigenvalue weighted by atomic mass is 9.82. The Labute approximate surface area is 179 Å². The van der Waals surface area contributed by atoms with Crippen LogP contribution < -0.4 is 5.32 Å². The largest absolute Gasteiger partial charge is 0.391 e. The van der Waals surface area contributed by atoms with Crippen molar-refractivity contribution in [1.29, 1.82) is 0 Å². The van der Waals surface area contributed by atoms with E-state index >= 15 is 0 Å². The van der Waals surface area contributed by atoms with Gasteiger partial charge >= 0.3 is 0 Å². The van der Waals surface area contributed by atoms with Gasteiger partial charge in [-0.05, 0) is 31.2 Å². The molecule has 0 spiro atoms. The summed E-state index contributed by atoms with van der Waals surface area (Å²) in [5.74, 6) is 0.466. The molecule has 3 aromatic rings. The van der Waals surface area contributed by atoms with Crippen molar-refractivity contribution in [1.82, 2.24) is 19.9 Å². The van der Waals surface area contributed by atoms with Gasteiger partial charge in [0.1, 0.15) is 5.65 Å². The third-order valence-electron chi connectivity index (χ3n) is 5.57. The van der Waals surface area contributed by atoms with Gasteiger partial charge in [0.2, 0.25) is 0 Å². The lowest BCUT2D eigenvalue weighted by Gasteiger charge is -2.31. The summed E-state index contributed by atoms with van der Waals surface area (Å²) < 4.78 is 19.5. The first-order valence-corrected chi connectivity index (χ1v) is 10.5. The van der Waals surface area contributed by atoms with Crippen LogP contribution in [0.4, 0.5) is 10.2 Å². The molecule has 1 fully saturated rings. The molecule has 3 heterocycles. The van der Waals surface area contributed by atoms with Crippen molar-refractivity contribution in [2.75, 3.05) is 19.0 Å². The quantitative estimate of drug-likeness (QED) is 0.517. The number of hydrogen-bond acceptors (Lipinski definition) is 6. The molecule has 1 saturated carbocycles. The van der Waals surface area contributed by atoms with Gasteiger partial charge in [-0.15, -0.1) is 0 Å². The molecule has 1 aliphatic rings. The van der Waals surface area contributed by atoms with E-state index in [-0.39, 0.29) is 11.9 Å². The number of pyridine rings is 1. The number of ether oxygens (including phenoxy) is 1. The average molecular weight is 434 g/mol. The number of H-pyrrole nitrogens is 1. The molecule has 160 valence electrons. The highest BCUT2D eigenvalue weighted by Crippen LogP contribution is 2.31. The Morgan fingerprint density at radius 1 is 1.37 bits per heavy atom. The molecular formula is C21H25ClFN5O2. The van der Waals surface area contributed by atoms with E-state index in [0.717, 1.165) is 31.1 Å². The second kappa shape index (κ2) is 9.24. The molecule has 9 heteroatoms. The van der Waals surface area contributed by atoms with E-state index in [1.165, 1.54) is 6.20 Å². The summed E-state index contributed by atoms with van der Waals surface area (Å²) in [7, 11) is 1.58. The maximum Gasteiger partial charge on any atom is 0.183 e. The van der Waals surface area contributed by atoms with Gasteiger partial charge in [0.05, 0.1) is 23.9 Å². The standard InChI is InChI=1S/C21H25ClFN5O2/c1-30-11-15(29)6-12-3-2-4-14(5-12)27-21-18(23)10-26-20(28-21)17-9-25-19-16(17)7-13(22)8-24-19/h7-10,12,14-15,29H,2-6,11H2,1H3,(H,24,25)(H,26,27,28)/t12?,14-,15?/m0/s1. The number of rotatable bonds is 7.